The van der Waals surface area contributed by atoms with Crippen molar-refractivity contribution in [2.75, 3.05) is 24.5 Å². The molecule has 1 saturated heterocycles. The fourth-order valence-electron chi connectivity index (χ4n) is 2.16. The zero-order valence-corrected chi connectivity index (χ0v) is 10.5. The minimum absolute atomic E-state index is 0.609. The number of rotatable bonds is 2. The normalized spacial score (nSPS) is 21.9. The third-order valence-corrected chi connectivity index (χ3v) is 3.42. The largest absolute Gasteiger partial charge is 0.370 e. The van der Waals surface area contributed by atoms with Crippen molar-refractivity contribution >= 4 is 17.3 Å². The summed E-state index contributed by atoms with van der Waals surface area (Å²) < 4.78 is 0. The second-order valence-electron chi connectivity index (χ2n) is 4.34. The van der Waals surface area contributed by atoms with Crippen LogP contribution in [0.3, 0.4) is 0 Å². The van der Waals surface area contributed by atoms with E-state index in [0.29, 0.717) is 6.04 Å². The first-order valence-corrected chi connectivity index (χ1v) is 6.41. The molecule has 0 radical (unpaired) electrons. The highest BCUT2D eigenvalue weighted by molar-refractivity contribution is 6.30. The standard InChI is InChI=1S/C13H19ClN2/c1-2-12-10-16(9-3-8-15-12)13-6-4-11(14)5-7-13/h4-7,12,15H,2-3,8-10H2,1H3. The summed E-state index contributed by atoms with van der Waals surface area (Å²) in [7, 11) is 0. The van der Waals surface area contributed by atoms with Gasteiger partial charge in [0.05, 0.1) is 0 Å². The summed E-state index contributed by atoms with van der Waals surface area (Å²) in [4.78, 5) is 2.45. The number of hydrogen-bond acceptors (Lipinski definition) is 2. The summed E-state index contributed by atoms with van der Waals surface area (Å²) in [6.07, 6.45) is 2.39. The lowest BCUT2D eigenvalue weighted by Crippen LogP contribution is -2.37. The molecule has 0 amide bonds. The topological polar surface area (TPSA) is 15.3 Å². The van der Waals surface area contributed by atoms with Gasteiger partial charge in [0.2, 0.25) is 0 Å². The molecule has 1 aliphatic heterocycles. The van der Waals surface area contributed by atoms with E-state index in [-0.39, 0.29) is 0 Å². The molecular formula is C13H19ClN2. The second-order valence-corrected chi connectivity index (χ2v) is 4.77. The van der Waals surface area contributed by atoms with Crippen LogP contribution < -0.4 is 10.2 Å². The maximum Gasteiger partial charge on any atom is 0.0407 e. The average Bonchev–Trinajstić information content (AvgIpc) is 2.55. The van der Waals surface area contributed by atoms with Gasteiger partial charge in [0.1, 0.15) is 0 Å². The minimum atomic E-state index is 0.609. The Morgan fingerprint density at radius 3 is 2.81 bits per heavy atom. The number of halogens is 1. The van der Waals surface area contributed by atoms with Crippen molar-refractivity contribution in [2.45, 2.75) is 25.8 Å². The third-order valence-electron chi connectivity index (χ3n) is 3.16. The Morgan fingerprint density at radius 1 is 1.38 bits per heavy atom. The first-order valence-electron chi connectivity index (χ1n) is 6.03. The van der Waals surface area contributed by atoms with Crippen LogP contribution in [0.4, 0.5) is 5.69 Å². The summed E-state index contributed by atoms with van der Waals surface area (Å²) in [6.45, 7) is 5.59. The van der Waals surface area contributed by atoms with Crippen molar-refractivity contribution < 1.29 is 0 Å². The molecule has 1 heterocycles. The van der Waals surface area contributed by atoms with E-state index >= 15 is 0 Å². The number of nitrogens with zero attached hydrogens (tertiary/aromatic N) is 1. The van der Waals surface area contributed by atoms with Crippen LogP contribution in [0.25, 0.3) is 0 Å². The molecule has 88 valence electrons. The number of benzene rings is 1. The van der Waals surface area contributed by atoms with Gasteiger partial charge >= 0.3 is 0 Å². The zero-order valence-electron chi connectivity index (χ0n) is 9.75. The fraction of sp³-hybridized carbons (Fsp3) is 0.538. The summed E-state index contributed by atoms with van der Waals surface area (Å²) in [5.74, 6) is 0. The van der Waals surface area contributed by atoms with Gasteiger partial charge in [0, 0.05) is 29.8 Å². The average molecular weight is 239 g/mol. The fourth-order valence-corrected chi connectivity index (χ4v) is 2.28. The first kappa shape index (κ1) is 11.7. The molecule has 16 heavy (non-hydrogen) atoms. The van der Waals surface area contributed by atoms with Gasteiger partial charge in [-0.3, -0.25) is 0 Å². The SMILES string of the molecule is CCC1CN(c2ccc(Cl)cc2)CCCN1. The van der Waals surface area contributed by atoms with Gasteiger partial charge in [-0.2, -0.15) is 0 Å². The smallest absolute Gasteiger partial charge is 0.0407 e. The molecule has 1 N–H and O–H groups in total. The van der Waals surface area contributed by atoms with E-state index in [4.69, 9.17) is 11.6 Å². The summed E-state index contributed by atoms with van der Waals surface area (Å²) >= 11 is 5.91. The van der Waals surface area contributed by atoms with Crippen molar-refractivity contribution in [2.24, 2.45) is 0 Å². The zero-order chi connectivity index (χ0) is 11.4. The van der Waals surface area contributed by atoms with E-state index in [1.54, 1.807) is 0 Å². The Balaban J connectivity index is 2.09. The lowest BCUT2D eigenvalue weighted by molar-refractivity contribution is 0.528. The molecule has 3 heteroatoms. The second kappa shape index (κ2) is 5.55. The third kappa shape index (κ3) is 2.89. The Labute approximate surface area is 103 Å². The molecule has 0 saturated carbocycles. The van der Waals surface area contributed by atoms with Crippen LogP contribution in [0, 0.1) is 0 Å². The van der Waals surface area contributed by atoms with Crippen molar-refractivity contribution in [1.82, 2.24) is 5.32 Å². The van der Waals surface area contributed by atoms with Crippen LogP contribution in [0.2, 0.25) is 5.02 Å². The van der Waals surface area contributed by atoms with E-state index in [2.05, 4.69) is 29.3 Å². The summed E-state index contributed by atoms with van der Waals surface area (Å²) in [5, 5.41) is 4.38. The van der Waals surface area contributed by atoms with E-state index < -0.39 is 0 Å². The highest BCUT2D eigenvalue weighted by atomic mass is 35.5. The first-order chi connectivity index (χ1) is 7.79. The molecule has 0 aliphatic carbocycles. The van der Waals surface area contributed by atoms with Gasteiger partial charge in [0.25, 0.3) is 0 Å². The van der Waals surface area contributed by atoms with Crippen molar-refractivity contribution in [3.8, 4) is 0 Å². The van der Waals surface area contributed by atoms with E-state index in [0.717, 1.165) is 24.7 Å². The predicted octanol–water partition coefficient (Wildman–Crippen LogP) is 2.92. The maximum absolute atomic E-state index is 5.91. The van der Waals surface area contributed by atoms with Gasteiger partial charge in [-0.1, -0.05) is 18.5 Å². The molecule has 0 bridgehead atoms. The van der Waals surface area contributed by atoms with E-state index in [1.165, 1.54) is 18.5 Å². The molecule has 0 spiro atoms. The Morgan fingerprint density at radius 2 is 2.12 bits per heavy atom. The van der Waals surface area contributed by atoms with Crippen LogP contribution >= 0.6 is 11.6 Å². The lowest BCUT2D eigenvalue weighted by Gasteiger charge is -2.26. The van der Waals surface area contributed by atoms with Crippen molar-refractivity contribution in [3.63, 3.8) is 0 Å². The highest BCUT2D eigenvalue weighted by Gasteiger charge is 2.16. The van der Waals surface area contributed by atoms with Crippen molar-refractivity contribution in [3.05, 3.63) is 29.3 Å². The quantitative estimate of drug-likeness (QED) is 0.853. The molecule has 0 aromatic heterocycles. The van der Waals surface area contributed by atoms with Crippen LogP contribution in [0.1, 0.15) is 19.8 Å². The van der Waals surface area contributed by atoms with Crippen LogP contribution in [0.5, 0.6) is 0 Å². The van der Waals surface area contributed by atoms with Gasteiger partial charge in [-0.25, -0.2) is 0 Å². The van der Waals surface area contributed by atoms with E-state index in [1.807, 2.05) is 12.1 Å². The minimum Gasteiger partial charge on any atom is -0.370 e. The van der Waals surface area contributed by atoms with Gasteiger partial charge < -0.3 is 10.2 Å². The van der Waals surface area contributed by atoms with Crippen LogP contribution in [0.15, 0.2) is 24.3 Å². The molecule has 1 atom stereocenters. The number of nitrogens with one attached hydrogen (secondary N) is 1. The predicted molar refractivity (Wildman–Crippen MR) is 70.4 cm³/mol. The number of anilines is 1. The molecule has 1 unspecified atom stereocenters. The lowest BCUT2D eigenvalue weighted by atomic mass is 10.2. The highest BCUT2D eigenvalue weighted by Crippen LogP contribution is 2.19. The molecule has 1 aromatic rings. The summed E-state index contributed by atoms with van der Waals surface area (Å²) in [5.41, 5.74) is 1.28. The van der Waals surface area contributed by atoms with Crippen LogP contribution in [-0.4, -0.2) is 25.7 Å². The Bertz CT molecular complexity index is 323. The maximum atomic E-state index is 5.91. The molecular weight excluding hydrogens is 220 g/mol. The van der Waals surface area contributed by atoms with E-state index in [9.17, 15) is 0 Å². The molecule has 1 fully saturated rings. The molecule has 1 aliphatic rings. The Kier molecular flexibility index (Phi) is 4.08. The molecule has 1 aromatic carbocycles. The van der Waals surface area contributed by atoms with Gasteiger partial charge in [-0.15, -0.1) is 0 Å². The molecule has 2 rings (SSSR count). The summed E-state index contributed by atoms with van der Waals surface area (Å²) in [6, 6.07) is 8.77. The van der Waals surface area contributed by atoms with Crippen LogP contribution in [-0.2, 0) is 0 Å². The molecule has 2 nitrogen and oxygen atoms in total. The monoisotopic (exact) mass is 238 g/mol. The van der Waals surface area contributed by atoms with Gasteiger partial charge in [0.15, 0.2) is 0 Å². The Hall–Kier alpha value is -0.730. The number of hydrogen-bond donors (Lipinski definition) is 1. The van der Waals surface area contributed by atoms with Crippen molar-refractivity contribution in [1.29, 1.82) is 0 Å². The van der Waals surface area contributed by atoms with Gasteiger partial charge in [-0.05, 0) is 43.7 Å².